The minimum absolute atomic E-state index is 0.340. The number of thiazole rings is 1. The molecule has 0 aliphatic rings. The summed E-state index contributed by atoms with van der Waals surface area (Å²) in [5.41, 5.74) is 0. The van der Waals surface area contributed by atoms with Gasteiger partial charge in [0.05, 0.1) is 0 Å². The molecule has 0 bridgehead atoms. The number of carbonyl (C=O) groups is 1. The van der Waals surface area contributed by atoms with Gasteiger partial charge in [0.15, 0.2) is 5.13 Å². The van der Waals surface area contributed by atoms with Gasteiger partial charge in [0.2, 0.25) is 0 Å². The van der Waals surface area contributed by atoms with Crippen LogP contribution in [0.1, 0.15) is 6.42 Å². The van der Waals surface area contributed by atoms with Crippen LogP contribution in [-0.4, -0.2) is 22.1 Å². The molecular weight excluding hydrogens is 224 g/mol. The van der Waals surface area contributed by atoms with Gasteiger partial charge in [-0.15, -0.1) is 17.9 Å². The minimum atomic E-state index is -0.934. The van der Waals surface area contributed by atoms with E-state index in [-0.39, 0.29) is 0 Å². The molecule has 6 heteroatoms. The van der Waals surface area contributed by atoms with Crippen LogP contribution in [0.25, 0.3) is 0 Å². The van der Waals surface area contributed by atoms with E-state index in [2.05, 4.69) is 16.9 Å². The van der Waals surface area contributed by atoms with Gasteiger partial charge in [-0.3, -0.25) is 0 Å². The number of hydrogen-bond donors (Lipinski definition) is 2. The van der Waals surface area contributed by atoms with Crippen LogP contribution in [0.2, 0.25) is 5.15 Å². The number of carboxylic acids is 1. The molecule has 4 nitrogen and oxygen atoms in total. The summed E-state index contributed by atoms with van der Waals surface area (Å²) < 4.78 is 0. The molecule has 0 aliphatic heterocycles. The lowest BCUT2D eigenvalue weighted by Crippen LogP contribution is -2.28. The van der Waals surface area contributed by atoms with Gasteiger partial charge in [0, 0.05) is 5.38 Å². The molecule has 76 valence electrons. The lowest BCUT2D eigenvalue weighted by molar-refractivity contribution is -0.137. The molecule has 1 aromatic rings. The molecule has 2 N–H and O–H groups in total. The van der Waals surface area contributed by atoms with Gasteiger partial charge in [-0.1, -0.05) is 17.7 Å². The van der Waals surface area contributed by atoms with Crippen LogP contribution >= 0.6 is 22.9 Å². The number of rotatable bonds is 5. The number of nitrogens with zero attached hydrogens (tertiary/aromatic N) is 1. The summed E-state index contributed by atoms with van der Waals surface area (Å²) in [5, 5.41) is 14.1. The number of anilines is 1. The normalized spacial score (nSPS) is 12.1. The number of aliphatic carboxylic acids is 1. The Hall–Kier alpha value is -1.07. The first-order chi connectivity index (χ1) is 6.63. The van der Waals surface area contributed by atoms with Gasteiger partial charge in [-0.25, -0.2) is 9.78 Å². The second-order valence-electron chi connectivity index (χ2n) is 2.53. The van der Waals surface area contributed by atoms with Crippen LogP contribution in [0.15, 0.2) is 18.0 Å². The first kappa shape index (κ1) is 11.0. The highest BCUT2D eigenvalue weighted by Gasteiger charge is 2.16. The van der Waals surface area contributed by atoms with Crippen molar-refractivity contribution in [1.82, 2.24) is 4.98 Å². The number of carboxylic acid groups (broad SMARTS) is 1. The molecule has 0 spiro atoms. The SMILES string of the molecule is C=CCC(Nc1nc(Cl)cs1)C(=O)O. The quantitative estimate of drug-likeness (QED) is 0.765. The second kappa shape index (κ2) is 4.97. The summed E-state index contributed by atoms with van der Waals surface area (Å²) in [7, 11) is 0. The summed E-state index contributed by atoms with van der Waals surface area (Å²) >= 11 is 6.86. The zero-order valence-electron chi connectivity index (χ0n) is 7.24. The van der Waals surface area contributed by atoms with Gasteiger partial charge < -0.3 is 10.4 Å². The van der Waals surface area contributed by atoms with Crippen LogP contribution in [0, 0.1) is 0 Å². The Kier molecular flexibility index (Phi) is 3.91. The van der Waals surface area contributed by atoms with Crippen molar-refractivity contribution in [3.8, 4) is 0 Å². The smallest absolute Gasteiger partial charge is 0.326 e. The lowest BCUT2D eigenvalue weighted by Gasteiger charge is -2.10. The van der Waals surface area contributed by atoms with Crippen LogP contribution in [-0.2, 0) is 4.79 Å². The fourth-order valence-corrected chi connectivity index (χ4v) is 1.75. The van der Waals surface area contributed by atoms with Crippen molar-refractivity contribution in [3.63, 3.8) is 0 Å². The van der Waals surface area contributed by atoms with Crippen molar-refractivity contribution >= 4 is 34.0 Å². The predicted molar refractivity (Wildman–Crippen MR) is 57.0 cm³/mol. The molecule has 0 aliphatic carbocycles. The number of nitrogens with one attached hydrogen (secondary N) is 1. The molecule has 1 rings (SSSR count). The van der Waals surface area contributed by atoms with E-state index in [4.69, 9.17) is 16.7 Å². The molecule has 0 saturated carbocycles. The molecule has 0 fully saturated rings. The van der Waals surface area contributed by atoms with E-state index in [0.717, 1.165) is 0 Å². The van der Waals surface area contributed by atoms with Crippen molar-refractivity contribution in [2.45, 2.75) is 12.5 Å². The van der Waals surface area contributed by atoms with Gasteiger partial charge in [0.25, 0.3) is 0 Å². The first-order valence-corrected chi connectivity index (χ1v) is 5.10. The highest BCUT2D eigenvalue weighted by Crippen LogP contribution is 2.20. The third-order valence-corrected chi connectivity index (χ3v) is 2.57. The van der Waals surface area contributed by atoms with E-state index in [1.54, 1.807) is 11.5 Å². The topological polar surface area (TPSA) is 62.2 Å². The molecule has 0 saturated heterocycles. The summed E-state index contributed by atoms with van der Waals surface area (Å²) in [6.45, 7) is 3.48. The van der Waals surface area contributed by atoms with E-state index in [1.807, 2.05) is 0 Å². The number of halogens is 1. The van der Waals surface area contributed by atoms with Crippen LogP contribution in [0.5, 0.6) is 0 Å². The van der Waals surface area contributed by atoms with Crippen molar-refractivity contribution in [1.29, 1.82) is 0 Å². The molecule has 1 heterocycles. The Bertz CT molecular complexity index is 340. The third-order valence-electron chi connectivity index (χ3n) is 1.47. The van der Waals surface area contributed by atoms with E-state index in [1.165, 1.54) is 11.3 Å². The Morgan fingerprint density at radius 2 is 2.64 bits per heavy atom. The average Bonchev–Trinajstić information content (AvgIpc) is 2.50. The van der Waals surface area contributed by atoms with Crippen molar-refractivity contribution in [2.75, 3.05) is 5.32 Å². The molecule has 0 aromatic carbocycles. The molecule has 0 radical (unpaired) electrons. The standard InChI is InChI=1S/C8H9ClN2O2S/c1-2-3-5(7(12)13)10-8-11-6(9)4-14-8/h2,4-5H,1,3H2,(H,10,11)(H,12,13). The van der Waals surface area contributed by atoms with E-state index < -0.39 is 12.0 Å². The Labute approximate surface area is 90.2 Å². The van der Waals surface area contributed by atoms with Crippen molar-refractivity contribution < 1.29 is 9.90 Å². The summed E-state index contributed by atoms with van der Waals surface area (Å²) in [5.74, 6) is -0.934. The predicted octanol–water partition coefficient (Wildman–Crippen LogP) is 2.24. The third kappa shape index (κ3) is 3.01. The summed E-state index contributed by atoms with van der Waals surface area (Å²) in [6.07, 6.45) is 1.88. The highest BCUT2D eigenvalue weighted by atomic mass is 35.5. The van der Waals surface area contributed by atoms with E-state index in [0.29, 0.717) is 16.7 Å². The van der Waals surface area contributed by atoms with Crippen LogP contribution < -0.4 is 5.32 Å². The van der Waals surface area contributed by atoms with E-state index in [9.17, 15) is 4.79 Å². The highest BCUT2D eigenvalue weighted by molar-refractivity contribution is 7.14. The van der Waals surface area contributed by atoms with Gasteiger partial charge in [-0.05, 0) is 6.42 Å². The molecule has 1 unspecified atom stereocenters. The molecule has 14 heavy (non-hydrogen) atoms. The second-order valence-corrected chi connectivity index (χ2v) is 3.78. The maximum atomic E-state index is 10.7. The van der Waals surface area contributed by atoms with Crippen LogP contribution in [0.4, 0.5) is 5.13 Å². The van der Waals surface area contributed by atoms with E-state index >= 15 is 0 Å². The molecule has 1 atom stereocenters. The fourth-order valence-electron chi connectivity index (χ4n) is 0.858. The van der Waals surface area contributed by atoms with Gasteiger partial charge in [-0.2, -0.15) is 0 Å². The zero-order valence-corrected chi connectivity index (χ0v) is 8.81. The minimum Gasteiger partial charge on any atom is -0.480 e. The Morgan fingerprint density at radius 3 is 3.07 bits per heavy atom. The Balaban J connectivity index is 2.64. The summed E-state index contributed by atoms with van der Waals surface area (Å²) in [4.78, 5) is 14.6. The Morgan fingerprint density at radius 1 is 1.93 bits per heavy atom. The number of aromatic nitrogens is 1. The first-order valence-electron chi connectivity index (χ1n) is 3.84. The van der Waals surface area contributed by atoms with Crippen molar-refractivity contribution in [2.24, 2.45) is 0 Å². The summed E-state index contributed by atoms with van der Waals surface area (Å²) in [6, 6.07) is -0.699. The largest absolute Gasteiger partial charge is 0.480 e. The maximum Gasteiger partial charge on any atom is 0.326 e. The van der Waals surface area contributed by atoms with Gasteiger partial charge >= 0.3 is 5.97 Å². The monoisotopic (exact) mass is 232 g/mol. The van der Waals surface area contributed by atoms with Crippen molar-refractivity contribution in [3.05, 3.63) is 23.2 Å². The van der Waals surface area contributed by atoms with Crippen LogP contribution in [0.3, 0.4) is 0 Å². The zero-order chi connectivity index (χ0) is 10.6. The molecule has 1 aromatic heterocycles. The molecule has 0 amide bonds. The lowest BCUT2D eigenvalue weighted by atomic mass is 10.2. The van der Waals surface area contributed by atoms with Gasteiger partial charge in [0.1, 0.15) is 11.2 Å². The number of hydrogen-bond acceptors (Lipinski definition) is 4. The fraction of sp³-hybridized carbons (Fsp3) is 0.250. The average molecular weight is 233 g/mol. The maximum absolute atomic E-state index is 10.7. The molecular formula is C8H9ClN2O2S.